The van der Waals surface area contributed by atoms with E-state index in [2.05, 4.69) is 15.9 Å². The molecule has 3 rings (SSSR count). The maximum absolute atomic E-state index is 13.2. The van der Waals surface area contributed by atoms with Gasteiger partial charge in [-0.15, -0.1) is 0 Å². The van der Waals surface area contributed by atoms with Gasteiger partial charge in [-0.1, -0.05) is 42.0 Å². The largest absolute Gasteiger partial charge is 0.461 e. The maximum Gasteiger partial charge on any atom is 0.356 e. The molecule has 0 aliphatic heterocycles. The van der Waals surface area contributed by atoms with Crippen LogP contribution in [0.25, 0.3) is 10.8 Å². The van der Waals surface area contributed by atoms with Crippen LogP contribution in [0.4, 0.5) is 0 Å². The molecule has 130 valence electrons. The first-order chi connectivity index (χ1) is 11.9. The molecular formula is C18H16BrNO4S. The number of hydrogen-bond donors (Lipinski definition) is 0. The lowest BCUT2D eigenvalue weighted by atomic mass is 10.2. The highest BCUT2D eigenvalue weighted by molar-refractivity contribution is 9.10. The highest BCUT2D eigenvalue weighted by atomic mass is 79.9. The summed E-state index contributed by atoms with van der Waals surface area (Å²) in [5, 5.41) is 1.14. The van der Waals surface area contributed by atoms with Crippen LogP contribution < -0.4 is 0 Å². The van der Waals surface area contributed by atoms with Gasteiger partial charge < -0.3 is 4.74 Å². The highest BCUT2D eigenvalue weighted by Crippen LogP contribution is 2.34. The molecule has 0 amide bonds. The van der Waals surface area contributed by atoms with Crippen molar-refractivity contribution in [1.82, 2.24) is 3.97 Å². The SMILES string of the molecule is CCOC(=O)c1c2ccccc2c(Br)n1S(=O)(=O)c1ccc(C)cc1. The summed E-state index contributed by atoms with van der Waals surface area (Å²) in [6.45, 7) is 3.71. The van der Waals surface area contributed by atoms with Crippen LogP contribution in [0.2, 0.25) is 0 Å². The van der Waals surface area contributed by atoms with Crippen molar-refractivity contribution in [3.05, 3.63) is 64.4 Å². The quantitative estimate of drug-likeness (QED) is 0.594. The van der Waals surface area contributed by atoms with Crippen molar-refractivity contribution in [2.75, 3.05) is 6.61 Å². The number of benzene rings is 2. The normalized spacial score (nSPS) is 11.6. The minimum absolute atomic E-state index is 0.00935. The number of aryl methyl sites for hydroxylation is 1. The lowest BCUT2D eigenvalue weighted by molar-refractivity contribution is 0.0520. The van der Waals surface area contributed by atoms with Crippen LogP contribution in [-0.4, -0.2) is 25.0 Å². The predicted octanol–water partition coefficient (Wildman–Crippen LogP) is 4.13. The zero-order valence-electron chi connectivity index (χ0n) is 13.7. The molecule has 0 unspecified atom stereocenters. The summed E-state index contributed by atoms with van der Waals surface area (Å²) in [6.07, 6.45) is 0. The van der Waals surface area contributed by atoms with E-state index >= 15 is 0 Å². The Morgan fingerprint density at radius 2 is 1.68 bits per heavy atom. The second-order valence-corrected chi connectivity index (χ2v) is 8.03. The van der Waals surface area contributed by atoms with Crippen LogP contribution in [-0.2, 0) is 14.8 Å². The highest BCUT2D eigenvalue weighted by Gasteiger charge is 2.30. The van der Waals surface area contributed by atoms with Gasteiger partial charge in [-0.3, -0.25) is 0 Å². The zero-order chi connectivity index (χ0) is 18.2. The second-order valence-electron chi connectivity index (χ2n) is 5.49. The average Bonchev–Trinajstić information content (AvgIpc) is 2.89. The third-order valence-corrected chi connectivity index (χ3v) is 6.54. The van der Waals surface area contributed by atoms with Crippen molar-refractivity contribution in [3.63, 3.8) is 0 Å². The number of aromatic nitrogens is 1. The van der Waals surface area contributed by atoms with E-state index in [4.69, 9.17) is 4.74 Å². The third kappa shape index (κ3) is 2.98. The number of carbonyl (C=O) groups is 1. The van der Waals surface area contributed by atoms with Gasteiger partial charge in [0.05, 0.1) is 11.5 Å². The van der Waals surface area contributed by atoms with Gasteiger partial charge in [-0.05, 0) is 41.9 Å². The van der Waals surface area contributed by atoms with Gasteiger partial charge in [-0.2, -0.15) is 0 Å². The Morgan fingerprint density at radius 1 is 1.08 bits per heavy atom. The molecule has 7 heteroatoms. The number of carbonyl (C=O) groups excluding carboxylic acids is 1. The van der Waals surface area contributed by atoms with Gasteiger partial charge >= 0.3 is 5.97 Å². The Balaban J connectivity index is 2.35. The smallest absolute Gasteiger partial charge is 0.356 e. The van der Waals surface area contributed by atoms with Gasteiger partial charge in [-0.25, -0.2) is 17.2 Å². The summed E-state index contributed by atoms with van der Waals surface area (Å²) in [7, 11) is -3.97. The minimum atomic E-state index is -3.97. The standard InChI is InChI=1S/C18H16BrNO4S/c1-3-24-18(21)16-14-6-4-5-7-15(14)17(19)20(16)25(22,23)13-10-8-12(2)9-11-13/h4-11H,3H2,1-2H3. The lowest BCUT2D eigenvalue weighted by Crippen LogP contribution is -2.20. The molecule has 0 bridgehead atoms. The molecule has 0 fully saturated rings. The Bertz CT molecular complexity index is 1050. The lowest BCUT2D eigenvalue weighted by Gasteiger charge is -2.11. The summed E-state index contributed by atoms with van der Waals surface area (Å²) in [6, 6.07) is 13.5. The minimum Gasteiger partial charge on any atom is -0.461 e. The van der Waals surface area contributed by atoms with E-state index in [1.54, 1.807) is 43.3 Å². The van der Waals surface area contributed by atoms with Gasteiger partial charge in [0.25, 0.3) is 10.0 Å². The number of hydrogen-bond acceptors (Lipinski definition) is 4. The van der Waals surface area contributed by atoms with Crippen molar-refractivity contribution in [1.29, 1.82) is 0 Å². The second kappa shape index (κ2) is 6.65. The molecule has 3 aromatic rings. The Morgan fingerprint density at radius 3 is 2.28 bits per heavy atom. The van der Waals surface area contributed by atoms with E-state index in [0.717, 1.165) is 9.54 Å². The molecule has 0 spiro atoms. The predicted molar refractivity (Wildman–Crippen MR) is 99.4 cm³/mol. The van der Waals surface area contributed by atoms with E-state index in [9.17, 15) is 13.2 Å². The summed E-state index contributed by atoms with van der Waals surface area (Å²) in [4.78, 5) is 12.6. The molecule has 0 aliphatic rings. The molecular weight excluding hydrogens is 406 g/mol. The molecule has 0 radical (unpaired) electrons. The van der Waals surface area contributed by atoms with E-state index in [-0.39, 0.29) is 17.2 Å². The first kappa shape index (κ1) is 17.7. The Kier molecular flexibility index (Phi) is 4.71. The first-order valence-corrected chi connectivity index (χ1v) is 9.89. The third-order valence-electron chi connectivity index (χ3n) is 3.81. The molecule has 0 aliphatic carbocycles. The molecule has 2 aromatic carbocycles. The average molecular weight is 422 g/mol. The van der Waals surface area contributed by atoms with Crippen molar-refractivity contribution >= 4 is 42.7 Å². The van der Waals surface area contributed by atoms with E-state index in [1.165, 1.54) is 12.1 Å². The van der Waals surface area contributed by atoms with E-state index in [0.29, 0.717) is 15.4 Å². The fourth-order valence-electron chi connectivity index (χ4n) is 2.62. The topological polar surface area (TPSA) is 65.4 Å². The number of esters is 1. The van der Waals surface area contributed by atoms with Crippen LogP contribution in [0, 0.1) is 6.92 Å². The molecule has 0 N–H and O–H groups in total. The molecule has 1 heterocycles. The van der Waals surface area contributed by atoms with Crippen LogP contribution in [0.15, 0.2) is 58.0 Å². The van der Waals surface area contributed by atoms with E-state index < -0.39 is 16.0 Å². The van der Waals surface area contributed by atoms with Crippen LogP contribution in [0.1, 0.15) is 23.0 Å². The molecule has 25 heavy (non-hydrogen) atoms. The Labute approximate surface area is 154 Å². The van der Waals surface area contributed by atoms with Crippen molar-refractivity contribution in [2.24, 2.45) is 0 Å². The van der Waals surface area contributed by atoms with Gasteiger partial charge in [0.1, 0.15) is 4.60 Å². The van der Waals surface area contributed by atoms with Crippen LogP contribution >= 0.6 is 15.9 Å². The molecule has 1 aromatic heterocycles. The van der Waals surface area contributed by atoms with E-state index in [1.807, 2.05) is 6.92 Å². The summed E-state index contributed by atoms with van der Waals surface area (Å²) < 4.78 is 32.8. The van der Waals surface area contributed by atoms with Crippen LogP contribution in [0.3, 0.4) is 0 Å². The summed E-state index contributed by atoms with van der Waals surface area (Å²) >= 11 is 3.35. The number of fused-ring (bicyclic) bond motifs is 1. The number of halogens is 1. The number of rotatable bonds is 4. The summed E-state index contributed by atoms with van der Waals surface area (Å²) in [5.41, 5.74) is 0.936. The summed E-state index contributed by atoms with van der Waals surface area (Å²) in [5.74, 6) is -0.680. The van der Waals surface area contributed by atoms with Crippen molar-refractivity contribution in [2.45, 2.75) is 18.7 Å². The first-order valence-electron chi connectivity index (χ1n) is 7.66. The monoisotopic (exact) mass is 421 g/mol. The number of nitrogens with zero attached hydrogens (tertiary/aromatic N) is 1. The molecule has 0 saturated heterocycles. The molecule has 5 nitrogen and oxygen atoms in total. The van der Waals surface area contributed by atoms with Crippen LogP contribution in [0.5, 0.6) is 0 Å². The maximum atomic E-state index is 13.2. The number of ether oxygens (including phenoxy) is 1. The molecule has 0 atom stereocenters. The Hall–Kier alpha value is -2.12. The van der Waals surface area contributed by atoms with Gasteiger partial charge in [0, 0.05) is 10.8 Å². The van der Waals surface area contributed by atoms with Gasteiger partial charge in [0.2, 0.25) is 0 Å². The van der Waals surface area contributed by atoms with Gasteiger partial charge in [0.15, 0.2) is 5.69 Å². The van der Waals surface area contributed by atoms with Crippen molar-refractivity contribution in [3.8, 4) is 0 Å². The molecule has 0 saturated carbocycles. The fourth-order valence-corrected chi connectivity index (χ4v) is 5.13. The van der Waals surface area contributed by atoms with Crippen molar-refractivity contribution < 1.29 is 17.9 Å². The fraction of sp³-hybridized carbons (Fsp3) is 0.167. The zero-order valence-corrected chi connectivity index (χ0v) is 16.1.